The van der Waals surface area contributed by atoms with E-state index in [2.05, 4.69) is 58.1 Å². The molecule has 0 fully saturated rings. The van der Waals surface area contributed by atoms with Crippen LogP contribution >= 0.6 is 0 Å². The van der Waals surface area contributed by atoms with E-state index in [0.29, 0.717) is 11.3 Å². The van der Waals surface area contributed by atoms with Crippen LogP contribution in [-0.4, -0.2) is 9.55 Å². The lowest BCUT2D eigenvalue weighted by molar-refractivity contribution is 0.257. The van der Waals surface area contributed by atoms with Gasteiger partial charge < -0.3 is 4.57 Å². The highest BCUT2D eigenvalue weighted by molar-refractivity contribution is 5.15. The Hall–Kier alpha value is -0.790. The fourth-order valence-electron chi connectivity index (χ4n) is 1.70. The molecule has 1 atom stereocenters. The van der Waals surface area contributed by atoms with E-state index in [1.165, 1.54) is 11.4 Å². The van der Waals surface area contributed by atoms with Crippen LogP contribution in [0.5, 0.6) is 0 Å². The molecule has 2 heteroatoms. The normalized spacial score (nSPS) is 14.3. The lowest BCUT2D eigenvalue weighted by Gasteiger charge is -2.27. The third-order valence-electron chi connectivity index (χ3n) is 3.62. The molecule has 1 rings (SSSR count). The summed E-state index contributed by atoms with van der Waals surface area (Å²) in [6.07, 6.45) is 1.12. The summed E-state index contributed by atoms with van der Waals surface area (Å²) in [5.74, 6) is 1.79. The summed E-state index contributed by atoms with van der Waals surface area (Å²) in [7, 11) is 2.11. The van der Waals surface area contributed by atoms with Crippen molar-refractivity contribution < 1.29 is 0 Å². The highest BCUT2D eigenvalue weighted by Gasteiger charge is 2.22. The van der Waals surface area contributed by atoms with Crippen LogP contribution in [0.1, 0.15) is 44.9 Å². The van der Waals surface area contributed by atoms with Crippen LogP contribution in [0.15, 0.2) is 0 Å². The molecular weight excluding hydrogens is 184 g/mol. The van der Waals surface area contributed by atoms with E-state index in [1.54, 1.807) is 0 Å². The molecule has 0 saturated carbocycles. The molecular formula is C13H24N2. The summed E-state index contributed by atoms with van der Waals surface area (Å²) in [4.78, 5) is 4.51. The Labute approximate surface area is 93.7 Å². The van der Waals surface area contributed by atoms with Crippen molar-refractivity contribution in [1.82, 2.24) is 9.55 Å². The summed E-state index contributed by atoms with van der Waals surface area (Å²) >= 11 is 0. The smallest absolute Gasteiger partial charge is 0.105 e. The standard InChI is InChI=1S/C13H24N2/c1-9(13(4,5)6)8-12-10(2)14-11(3)15(12)7/h9H,8H2,1-7H3. The van der Waals surface area contributed by atoms with Gasteiger partial charge in [0.1, 0.15) is 5.82 Å². The molecule has 15 heavy (non-hydrogen) atoms. The first-order valence-electron chi connectivity index (χ1n) is 5.72. The van der Waals surface area contributed by atoms with E-state index in [4.69, 9.17) is 0 Å². The van der Waals surface area contributed by atoms with Gasteiger partial charge in [-0.1, -0.05) is 27.7 Å². The second kappa shape index (κ2) is 3.99. The number of rotatable bonds is 2. The molecule has 0 radical (unpaired) electrons. The molecule has 1 aromatic rings. The zero-order valence-electron chi connectivity index (χ0n) is 11.2. The molecule has 0 bridgehead atoms. The first-order chi connectivity index (χ1) is 6.73. The van der Waals surface area contributed by atoms with Crippen molar-refractivity contribution in [2.24, 2.45) is 18.4 Å². The molecule has 0 aliphatic carbocycles. The van der Waals surface area contributed by atoms with Gasteiger partial charge in [-0.05, 0) is 31.6 Å². The Morgan fingerprint density at radius 3 is 2.13 bits per heavy atom. The summed E-state index contributed by atoms with van der Waals surface area (Å²) < 4.78 is 2.22. The Kier molecular flexibility index (Phi) is 3.27. The molecule has 0 aromatic carbocycles. The summed E-state index contributed by atoms with van der Waals surface area (Å²) in [6, 6.07) is 0. The fraction of sp³-hybridized carbons (Fsp3) is 0.769. The van der Waals surface area contributed by atoms with Gasteiger partial charge in [0.05, 0.1) is 5.69 Å². The van der Waals surface area contributed by atoms with Gasteiger partial charge in [0.15, 0.2) is 0 Å². The maximum absolute atomic E-state index is 4.51. The number of nitrogens with zero attached hydrogens (tertiary/aromatic N) is 2. The lowest BCUT2D eigenvalue weighted by Crippen LogP contribution is -2.21. The zero-order valence-corrected chi connectivity index (χ0v) is 11.2. The van der Waals surface area contributed by atoms with Gasteiger partial charge in [-0.15, -0.1) is 0 Å². The van der Waals surface area contributed by atoms with Gasteiger partial charge >= 0.3 is 0 Å². The number of hydrogen-bond donors (Lipinski definition) is 0. The molecule has 0 aliphatic heterocycles. The summed E-state index contributed by atoms with van der Waals surface area (Å²) in [6.45, 7) is 13.4. The van der Waals surface area contributed by atoms with Crippen LogP contribution in [0.4, 0.5) is 0 Å². The molecule has 86 valence electrons. The minimum absolute atomic E-state index is 0.366. The van der Waals surface area contributed by atoms with Crippen molar-refractivity contribution >= 4 is 0 Å². The Morgan fingerprint density at radius 1 is 1.27 bits per heavy atom. The van der Waals surface area contributed by atoms with Crippen LogP contribution in [0.3, 0.4) is 0 Å². The quantitative estimate of drug-likeness (QED) is 0.729. The number of aromatic nitrogens is 2. The SMILES string of the molecule is Cc1nc(C)n(C)c1CC(C)C(C)(C)C. The molecule has 0 aliphatic rings. The zero-order chi connectivity index (χ0) is 11.8. The highest BCUT2D eigenvalue weighted by atomic mass is 15.1. The first-order valence-corrected chi connectivity index (χ1v) is 5.72. The van der Waals surface area contributed by atoms with Crippen LogP contribution in [-0.2, 0) is 13.5 Å². The second-order valence-corrected chi connectivity index (χ2v) is 5.72. The van der Waals surface area contributed by atoms with Gasteiger partial charge in [0.25, 0.3) is 0 Å². The van der Waals surface area contributed by atoms with E-state index in [9.17, 15) is 0 Å². The predicted molar refractivity (Wildman–Crippen MR) is 65.0 cm³/mol. The van der Waals surface area contributed by atoms with Crippen molar-refractivity contribution in [3.63, 3.8) is 0 Å². The van der Waals surface area contributed by atoms with Gasteiger partial charge in [0, 0.05) is 12.7 Å². The Bertz CT molecular complexity index is 342. The molecule has 1 unspecified atom stereocenters. The average Bonchev–Trinajstić information content (AvgIpc) is 2.30. The second-order valence-electron chi connectivity index (χ2n) is 5.72. The maximum Gasteiger partial charge on any atom is 0.105 e. The van der Waals surface area contributed by atoms with Crippen molar-refractivity contribution in [2.75, 3.05) is 0 Å². The molecule has 0 N–H and O–H groups in total. The monoisotopic (exact) mass is 208 g/mol. The van der Waals surface area contributed by atoms with Gasteiger partial charge in [0.2, 0.25) is 0 Å². The lowest BCUT2D eigenvalue weighted by atomic mass is 9.79. The van der Waals surface area contributed by atoms with E-state index in [0.717, 1.165) is 12.2 Å². The maximum atomic E-state index is 4.51. The number of hydrogen-bond acceptors (Lipinski definition) is 1. The Morgan fingerprint density at radius 2 is 1.80 bits per heavy atom. The largest absolute Gasteiger partial charge is 0.335 e. The van der Waals surface area contributed by atoms with Crippen LogP contribution in [0, 0.1) is 25.2 Å². The highest BCUT2D eigenvalue weighted by Crippen LogP contribution is 2.29. The molecule has 0 spiro atoms. The third-order valence-corrected chi connectivity index (χ3v) is 3.62. The molecule has 2 nitrogen and oxygen atoms in total. The molecule has 0 amide bonds. The van der Waals surface area contributed by atoms with Crippen LogP contribution in [0.2, 0.25) is 0 Å². The van der Waals surface area contributed by atoms with E-state index in [-0.39, 0.29) is 0 Å². The number of aryl methyl sites for hydroxylation is 2. The molecule has 0 saturated heterocycles. The van der Waals surface area contributed by atoms with Crippen LogP contribution < -0.4 is 0 Å². The minimum atomic E-state index is 0.366. The van der Waals surface area contributed by atoms with E-state index in [1.807, 2.05) is 0 Å². The summed E-state index contributed by atoms with van der Waals surface area (Å²) in [5, 5.41) is 0. The minimum Gasteiger partial charge on any atom is -0.335 e. The summed E-state index contributed by atoms with van der Waals surface area (Å²) in [5.41, 5.74) is 2.94. The average molecular weight is 208 g/mol. The van der Waals surface area contributed by atoms with Crippen molar-refractivity contribution in [2.45, 2.75) is 48.0 Å². The molecule has 1 aromatic heterocycles. The van der Waals surface area contributed by atoms with Crippen molar-refractivity contribution in [3.05, 3.63) is 17.2 Å². The van der Waals surface area contributed by atoms with Gasteiger partial charge in [-0.3, -0.25) is 0 Å². The van der Waals surface area contributed by atoms with E-state index >= 15 is 0 Å². The third kappa shape index (κ3) is 2.61. The van der Waals surface area contributed by atoms with Crippen molar-refractivity contribution in [1.29, 1.82) is 0 Å². The topological polar surface area (TPSA) is 17.8 Å². The molecule has 1 heterocycles. The van der Waals surface area contributed by atoms with E-state index < -0.39 is 0 Å². The van der Waals surface area contributed by atoms with Crippen molar-refractivity contribution in [3.8, 4) is 0 Å². The predicted octanol–water partition coefficient (Wildman–Crippen LogP) is 3.26. The number of imidazole rings is 1. The first kappa shape index (κ1) is 12.3. The van der Waals surface area contributed by atoms with Crippen LogP contribution in [0.25, 0.3) is 0 Å². The van der Waals surface area contributed by atoms with Gasteiger partial charge in [-0.25, -0.2) is 4.98 Å². The fourth-order valence-corrected chi connectivity index (χ4v) is 1.70. The Balaban J connectivity index is 2.90. The van der Waals surface area contributed by atoms with Gasteiger partial charge in [-0.2, -0.15) is 0 Å².